The van der Waals surface area contributed by atoms with E-state index in [1.807, 2.05) is 0 Å². The van der Waals surface area contributed by atoms with Crippen LogP contribution >= 0.6 is 0 Å². The zero-order chi connectivity index (χ0) is 10.7. The lowest BCUT2D eigenvalue weighted by atomic mass is 10.1. The van der Waals surface area contributed by atoms with Gasteiger partial charge in [-0.25, -0.2) is 0 Å². The maximum Gasteiger partial charge on any atom is 0.109 e. The molecule has 0 aromatic rings. The molecule has 2 aliphatic rings. The third kappa shape index (κ3) is 3.41. The van der Waals surface area contributed by atoms with Crippen molar-refractivity contribution in [3.8, 4) is 0 Å². The van der Waals surface area contributed by atoms with Gasteiger partial charge in [-0.15, -0.1) is 0 Å². The number of rotatable bonds is 3. The fourth-order valence-electron chi connectivity index (χ4n) is 2.11. The maximum absolute atomic E-state index is 5.69. The van der Waals surface area contributed by atoms with E-state index < -0.39 is 0 Å². The SMILES string of the molecule is CC1(C)COC(CCN2CCOCC2)N1. The van der Waals surface area contributed by atoms with Crippen molar-refractivity contribution in [1.82, 2.24) is 10.2 Å². The van der Waals surface area contributed by atoms with Crippen LogP contribution in [0, 0.1) is 0 Å². The molecular formula is C11H22N2O2. The molecule has 0 amide bonds. The highest BCUT2D eigenvalue weighted by atomic mass is 16.5. The molecule has 15 heavy (non-hydrogen) atoms. The summed E-state index contributed by atoms with van der Waals surface area (Å²) in [5.41, 5.74) is 0.148. The van der Waals surface area contributed by atoms with E-state index in [0.29, 0.717) is 0 Å². The summed E-state index contributed by atoms with van der Waals surface area (Å²) in [5, 5.41) is 3.49. The van der Waals surface area contributed by atoms with Crippen LogP contribution < -0.4 is 5.32 Å². The second kappa shape index (κ2) is 4.78. The zero-order valence-electron chi connectivity index (χ0n) is 9.79. The first kappa shape index (κ1) is 11.3. The molecule has 2 heterocycles. The van der Waals surface area contributed by atoms with Crippen LogP contribution in [0.1, 0.15) is 20.3 Å². The van der Waals surface area contributed by atoms with Gasteiger partial charge in [0, 0.05) is 25.2 Å². The van der Waals surface area contributed by atoms with Gasteiger partial charge in [0.2, 0.25) is 0 Å². The van der Waals surface area contributed by atoms with Crippen LogP contribution in [0.3, 0.4) is 0 Å². The normalized spacial score (nSPS) is 32.0. The van der Waals surface area contributed by atoms with Crippen molar-refractivity contribution in [2.45, 2.75) is 32.0 Å². The fraction of sp³-hybridized carbons (Fsp3) is 1.00. The minimum atomic E-state index is 0.148. The average Bonchev–Trinajstić information content (AvgIpc) is 2.57. The zero-order valence-corrected chi connectivity index (χ0v) is 9.79. The summed E-state index contributed by atoms with van der Waals surface area (Å²) < 4.78 is 11.0. The molecule has 0 bridgehead atoms. The number of nitrogens with zero attached hydrogens (tertiary/aromatic N) is 1. The van der Waals surface area contributed by atoms with E-state index in [-0.39, 0.29) is 11.8 Å². The second-order valence-electron chi connectivity index (χ2n) is 5.07. The maximum atomic E-state index is 5.69. The molecule has 0 saturated carbocycles. The Morgan fingerprint density at radius 2 is 2.07 bits per heavy atom. The van der Waals surface area contributed by atoms with Crippen LogP contribution in [0.5, 0.6) is 0 Å². The number of hydrogen-bond acceptors (Lipinski definition) is 4. The Morgan fingerprint density at radius 1 is 1.33 bits per heavy atom. The highest BCUT2D eigenvalue weighted by molar-refractivity contribution is 4.85. The summed E-state index contributed by atoms with van der Waals surface area (Å²) in [7, 11) is 0. The average molecular weight is 214 g/mol. The molecule has 1 N–H and O–H groups in total. The highest BCUT2D eigenvalue weighted by Gasteiger charge is 2.30. The third-order valence-corrected chi connectivity index (χ3v) is 3.01. The number of morpholine rings is 1. The predicted molar refractivity (Wildman–Crippen MR) is 58.8 cm³/mol. The molecule has 2 saturated heterocycles. The molecule has 2 rings (SSSR count). The summed E-state index contributed by atoms with van der Waals surface area (Å²) >= 11 is 0. The molecule has 0 spiro atoms. The Labute approximate surface area is 91.9 Å². The van der Waals surface area contributed by atoms with Gasteiger partial charge < -0.3 is 9.47 Å². The van der Waals surface area contributed by atoms with Gasteiger partial charge in [0.25, 0.3) is 0 Å². The van der Waals surface area contributed by atoms with Crippen LogP contribution in [0.2, 0.25) is 0 Å². The van der Waals surface area contributed by atoms with Crippen molar-refractivity contribution in [1.29, 1.82) is 0 Å². The molecule has 0 radical (unpaired) electrons. The van der Waals surface area contributed by atoms with Gasteiger partial charge in [-0.1, -0.05) is 0 Å². The lowest BCUT2D eigenvalue weighted by molar-refractivity contribution is 0.0244. The Morgan fingerprint density at radius 3 is 2.67 bits per heavy atom. The summed E-state index contributed by atoms with van der Waals surface area (Å²) in [6.07, 6.45) is 1.31. The highest BCUT2D eigenvalue weighted by Crippen LogP contribution is 2.16. The van der Waals surface area contributed by atoms with Crippen LogP contribution in [-0.4, -0.2) is 56.1 Å². The minimum Gasteiger partial charge on any atom is -0.379 e. The van der Waals surface area contributed by atoms with E-state index in [2.05, 4.69) is 24.1 Å². The number of ether oxygens (including phenoxy) is 2. The molecule has 1 atom stereocenters. The fourth-order valence-corrected chi connectivity index (χ4v) is 2.11. The predicted octanol–water partition coefficient (Wildman–Crippen LogP) is 0.433. The largest absolute Gasteiger partial charge is 0.379 e. The third-order valence-electron chi connectivity index (χ3n) is 3.01. The van der Waals surface area contributed by atoms with E-state index in [4.69, 9.17) is 9.47 Å². The molecule has 0 aromatic heterocycles. The summed E-state index contributed by atoms with van der Waals surface area (Å²) in [4.78, 5) is 2.44. The van der Waals surface area contributed by atoms with Crippen LogP contribution in [0.25, 0.3) is 0 Å². The van der Waals surface area contributed by atoms with E-state index in [0.717, 1.165) is 45.9 Å². The number of hydrogen-bond donors (Lipinski definition) is 1. The van der Waals surface area contributed by atoms with Gasteiger partial charge in [-0.2, -0.15) is 0 Å². The van der Waals surface area contributed by atoms with Crippen molar-refractivity contribution < 1.29 is 9.47 Å². The van der Waals surface area contributed by atoms with Crippen LogP contribution in [0.4, 0.5) is 0 Å². The molecule has 1 unspecified atom stereocenters. The van der Waals surface area contributed by atoms with E-state index in [1.165, 1.54) is 0 Å². The molecule has 88 valence electrons. The monoisotopic (exact) mass is 214 g/mol. The topological polar surface area (TPSA) is 33.7 Å². The van der Waals surface area contributed by atoms with Crippen molar-refractivity contribution in [2.75, 3.05) is 39.5 Å². The Balaban J connectivity index is 1.65. The van der Waals surface area contributed by atoms with Crippen molar-refractivity contribution in [3.05, 3.63) is 0 Å². The summed E-state index contributed by atoms with van der Waals surface area (Å²) in [5.74, 6) is 0. The first-order chi connectivity index (χ1) is 7.16. The lowest BCUT2D eigenvalue weighted by Gasteiger charge is -2.27. The first-order valence-corrected chi connectivity index (χ1v) is 5.85. The minimum absolute atomic E-state index is 0.148. The molecule has 2 fully saturated rings. The van der Waals surface area contributed by atoms with Crippen LogP contribution in [-0.2, 0) is 9.47 Å². The molecular weight excluding hydrogens is 192 g/mol. The molecule has 4 heteroatoms. The summed E-state index contributed by atoms with van der Waals surface area (Å²) in [6, 6.07) is 0. The van der Waals surface area contributed by atoms with E-state index in [1.54, 1.807) is 0 Å². The Kier molecular flexibility index (Phi) is 3.61. The second-order valence-corrected chi connectivity index (χ2v) is 5.07. The lowest BCUT2D eigenvalue weighted by Crippen LogP contribution is -2.42. The van der Waals surface area contributed by atoms with Gasteiger partial charge in [0.05, 0.1) is 19.8 Å². The van der Waals surface area contributed by atoms with E-state index >= 15 is 0 Å². The number of nitrogens with one attached hydrogen (secondary N) is 1. The van der Waals surface area contributed by atoms with Gasteiger partial charge in [-0.05, 0) is 20.3 Å². The molecule has 0 aromatic carbocycles. The van der Waals surface area contributed by atoms with Crippen molar-refractivity contribution in [3.63, 3.8) is 0 Å². The first-order valence-electron chi connectivity index (χ1n) is 5.85. The quantitative estimate of drug-likeness (QED) is 0.739. The van der Waals surface area contributed by atoms with Crippen molar-refractivity contribution >= 4 is 0 Å². The Hall–Kier alpha value is -0.160. The van der Waals surface area contributed by atoms with E-state index in [9.17, 15) is 0 Å². The van der Waals surface area contributed by atoms with Crippen LogP contribution in [0.15, 0.2) is 0 Å². The molecule has 0 aliphatic carbocycles. The summed E-state index contributed by atoms with van der Waals surface area (Å²) in [6.45, 7) is 10.2. The van der Waals surface area contributed by atoms with Gasteiger partial charge in [0.1, 0.15) is 6.23 Å². The van der Waals surface area contributed by atoms with Crippen molar-refractivity contribution in [2.24, 2.45) is 0 Å². The van der Waals surface area contributed by atoms with Gasteiger partial charge in [0.15, 0.2) is 0 Å². The Bertz CT molecular complexity index is 203. The standard InChI is InChI=1S/C11H22N2O2/c1-11(2)9-15-10(12-11)3-4-13-5-7-14-8-6-13/h10,12H,3-9H2,1-2H3. The smallest absolute Gasteiger partial charge is 0.109 e. The van der Waals surface area contributed by atoms with Gasteiger partial charge in [-0.3, -0.25) is 10.2 Å². The van der Waals surface area contributed by atoms with Gasteiger partial charge >= 0.3 is 0 Å². The molecule has 4 nitrogen and oxygen atoms in total. The molecule has 2 aliphatic heterocycles.